The number of hydrogen-bond donors (Lipinski definition) is 2. The molecule has 7 nitrogen and oxygen atoms in total. The first kappa shape index (κ1) is 23.1. The molecule has 2 N–H and O–H groups in total. The van der Waals surface area contributed by atoms with Crippen LogP contribution in [0.4, 0.5) is 0 Å². The summed E-state index contributed by atoms with van der Waals surface area (Å²) < 4.78 is 1.75. The lowest BCUT2D eigenvalue weighted by Gasteiger charge is -2.32. The van der Waals surface area contributed by atoms with Crippen LogP contribution in [0.2, 0.25) is 0 Å². The van der Waals surface area contributed by atoms with Crippen LogP contribution in [0, 0.1) is 4.77 Å². The Balaban J connectivity index is 1.43. The third-order valence-electron chi connectivity index (χ3n) is 6.00. The number of aromatic amines is 1. The average Bonchev–Trinajstić information content (AvgIpc) is 2.81. The largest absolute Gasteiger partial charge is 0.348 e. The lowest BCUT2D eigenvalue weighted by atomic mass is 10.1. The van der Waals surface area contributed by atoms with Crippen molar-refractivity contribution >= 4 is 29.0 Å². The zero-order chi connectivity index (χ0) is 23.4. The number of carbonyl (C=O) groups excluding carboxylic acids is 1. The molecule has 0 spiro atoms. The number of piperazine rings is 1. The molecule has 1 aromatic heterocycles. The highest BCUT2D eigenvalue weighted by atomic mass is 32.1. The van der Waals surface area contributed by atoms with Gasteiger partial charge in [-0.05, 0) is 48.6 Å². The van der Waals surface area contributed by atoms with E-state index in [2.05, 4.69) is 45.9 Å². The fraction of sp³-hybridized carbons (Fsp3) is 0.320. The summed E-state index contributed by atoms with van der Waals surface area (Å²) in [5.74, 6) is -0.198. The highest BCUT2D eigenvalue weighted by Crippen LogP contribution is 2.13. The van der Waals surface area contributed by atoms with Gasteiger partial charge in [0.1, 0.15) is 0 Å². The lowest BCUT2D eigenvalue weighted by molar-refractivity contribution is 0.0951. The molecule has 0 radical (unpaired) electrons. The van der Waals surface area contributed by atoms with Gasteiger partial charge in [-0.1, -0.05) is 30.3 Å². The number of amides is 1. The molecule has 1 saturated heterocycles. The zero-order valence-corrected chi connectivity index (χ0v) is 19.7. The molecule has 3 aromatic rings. The Morgan fingerprint density at radius 1 is 1.15 bits per heavy atom. The fourth-order valence-electron chi connectivity index (χ4n) is 4.08. The molecule has 4 rings (SSSR count). The van der Waals surface area contributed by atoms with Crippen molar-refractivity contribution in [2.24, 2.45) is 0 Å². The Bertz CT molecular complexity index is 1290. The minimum Gasteiger partial charge on any atom is -0.348 e. The number of hydrogen-bond acceptors (Lipinski definition) is 5. The van der Waals surface area contributed by atoms with E-state index in [0.29, 0.717) is 34.3 Å². The molecule has 0 saturated carbocycles. The standard InChI is InChI=1S/C25H29N5O2S/c1-3-9-30-24(32)21-8-7-20(15-22(21)27-25(30)33)23(31)26-16-18-5-4-6-19(14-18)17-29-12-10-28(2)11-13-29/h3-8,14-15H,1,9-13,16-17H2,2H3,(H,26,31)(H,27,33). The first-order chi connectivity index (χ1) is 15.9. The molecule has 2 heterocycles. The van der Waals surface area contributed by atoms with E-state index in [4.69, 9.17) is 12.2 Å². The van der Waals surface area contributed by atoms with Crippen LogP contribution in [-0.4, -0.2) is 58.5 Å². The van der Waals surface area contributed by atoms with E-state index in [0.717, 1.165) is 38.3 Å². The van der Waals surface area contributed by atoms with Gasteiger partial charge in [-0.3, -0.25) is 19.1 Å². The predicted molar refractivity (Wildman–Crippen MR) is 134 cm³/mol. The van der Waals surface area contributed by atoms with Gasteiger partial charge in [0.05, 0.1) is 10.9 Å². The molecule has 33 heavy (non-hydrogen) atoms. The van der Waals surface area contributed by atoms with Crippen molar-refractivity contribution in [1.29, 1.82) is 0 Å². The molecule has 1 aliphatic heterocycles. The normalized spacial score (nSPS) is 14.9. The summed E-state index contributed by atoms with van der Waals surface area (Å²) in [6.07, 6.45) is 1.62. The summed E-state index contributed by atoms with van der Waals surface area (Å²) in [4.78, 5) is 33.3. The number of H-pyrrole nitrogens is 1. The lowest BCUT2D eigenvalue weighted by Crippen LogP contribution is -2.43. The highest BCUT2D eigenvalue weighted by molar-refractivity contribution is 7.71. The second kappa shape index (κ2) is 10.2. The molecule has 1 amide bonds. The van der Waals surface area contributed by atoms with Crippen LogP contribution in [-0.2, 0) is 19.6 Å². The highest BCUT2D eigenvalue weighted by Gasteiger charge is 2.14. The van der Waals surface area contributed by atoms with E-state index < -0.39 is 0 Å². The topological polar surface area (TPSA) is 73.4 Å². The molecular formula is C25H29N5O2S. The maximum Gasteiger partial charge on any atom is 0.262 e. The first-order valence-corrected chi connectivity index (χ1v) is 11.5. The van der Waals surface area contributed by atoms with Gasteiger partial charge in [0.15, 0.2) is 4.77 Å². The molecule has 0 atom stereocenters. The van der Waals surface area contributed by atoms with Crippen LogP contribution in [0.3, 0.4) is 0 Å². The summed E-state index contributed by atoms with van der Waals surface area (Å²) in [7, 11) is 2.16. The number of allylic oxidation sites excluding steroid dienone is 1. The van der Waals surface area contributed by atoms with Crippen LogP contribution in [0.25, 0.3) is 10.9 Å². The van der Waals surface area contributed by atoms with Crippen LogP contribution in [0.1, 0.15) is 21.5 Å². The summed E-state index contributed by atoms with van der Waals surface area (Å²) >= 11 is 5.29. The maximum absolute atomic E-state index is 12.8. The number of aromatic nitrogens is 2. The Morgan fingerprint density at radius 3 is 2.67 bits per heavy atom. The molecule has 1 aliphatic rings. The molecule has 8 heteroatoms. The minimum atomic E-state index is -0.198. The average molecular weight is 464 g/mol. The third-order valence-corrected chi connectivity index (χ3v) is 6.32. The van der Waals surface area contributed by atoms with Gasteiger partial charge in [-0.25, -0.2) is 0 Å². The van der Waals surface area contributed by atoms with Crippen molar-refractivity contribution in [3.63, 3.8) is 0 Å². The molecule has 0 bridgehead atoms. The van der Waals surface area contributed by atoms with Gasteiger partial charge in [-0.15, -0.1) is 6.58 Å². The van der Waals surface area contributed by atoms with Crippen molar-refractivity contribution in [3.05, 3.63) is 86.9 Å². The van der Waals surface area contributed by atoms with E-state index in [1.807, 2.05) is 12.1 Å². The molecule has 172 valence electrons. The zero-order valence-electron chi connectivity index (χ0n) is 18.8. The van der Waals surface area contributed by atoms with E-state index in [1.165, 1.54) is 10.1 Å². The summed E-state index contributed by atoms with van der Waals surface area (Å²) in [5, 5.41) is 3.47. The smallest absolute Gasteiger partial charge is 0.262 e. The number of likely N-dealkylation sites (N-methyl/N-ethyl adjacent to an activating group) is 1. The molecule has 1 fully saturated rings. The Morgan fingerprint density at radius 2 is 1.91 bits per heavy atom. The van der Waals surface area contributed by atoms with Gasteiger partial charge in [-0.2, -0.15) is 0 Å². The molecule has 0 aliphatic carbocycles. The van der Waals surface area contributed by atoms with E-state index in [-0.39, 0.29) is 11.5 Å². The molecule has 0 unspecified atom stereocenters. The van der Waals surface area contributed by atoms with E-state index in [9.17, 15) is 9.59 Å². The van der Waals surface area contributed by atoms with Crippen LogP contribution >= 0.6 is 12.2 Å². The van der Waals surface area contributed by atoms with Crippen LogP contribution < -0.4 is 10.9 Å². The van der Waals surface area contributed by atoms with Crippen molar-refractivity contribution in [3.8, 4) is 0 Å². The number of benzene rings is 2. The fourth-order valence-corrected chi connectivity index (χ4v) is 4.34. The Kier molecular flexibility index (Phi) is 7.17. The van der Waals surface area contributed by atoms with Gasteiger partial charge in [0.2, 0.25) is 0 Å². The minimum absolute atomic E-state index is 0.197. The number of rotatable bonds is 7. The van der Waals surface area contributed by atoms with Gasteiger partial charge in [0.25, 0.3) is 11.5 Å². The van der Waals surface area contributed by atoms with Crippen molar-refractivity contribution in [2.75, 3.05) is 33.2 Å². The second-order valence-corrected chi connectivity index (χ2v) is 8.86. The number of nitrogens with zero attached hydrogens (tertiary/aromatic N) is 3. The third kappa shape index (κ3) is 5.47. The monoisotopic (exact) mass is 463 g/mol. The number of carbonyl (C=O) groups is 1. The van der Waals surface area contributed by atoms with Gasteiger partial charge >= 0.3 is 0 Å². The number of nitrogens with one attached hydrogen (secondary N) is 2. The van der Waals surface area contributed by atoms with Gasteiger partial charge in [0, 0.05) is 51.4 Å². The van der Waals surface area contributed by atoms with Gasteiger partial charge < -0.3 is 15.2 Å². The molecule has 2 aromatic carbocycles. The van der Waals surface area contributed by atoms with E-state index >= 15 is 0 Å². The predicted octanol–water partition coefficient (Wildman–Crippen LogP) is 2.92. The quantitative estimate of drug-likeness (QED) is 0.416. The first-order valence-electron chi connectivity index (χ1n) is 11.1. The summed E-state index contributed by atoms with van der Waals surface area (Å²) in [6, 6.07) is 13.3. The van der Waals surface area contributed by atoms with Crippen LogP contribution in [0.5, 0.6) is 0 Å². The summed E-state index contributed by atoms with van der Waals surface area (Å²) in [5.41, 5.74) is 3.13. The SMILES string of the molecule is C=CCn1c(=S)[nH]c2cc(C(=O)NCc3cccc(CN4CCN(C)CC4)c3)ccc2c1=O. The van der Waals surface area contributed by atoms with Crippen LogP contribution in [0.15, 0.2) is 59.9 Å². The van der Waals surface area contributed by atoms with Crippen molar-refractivity contribution < 1.29 is 4.79 Å². The maximum atomic E-state index is 12.8. The van der Waals surface area contributed by atoms with Crippen molar-refractivity contribution in [1.82, 2.24) is 24.7 Å². The number of fused-ring (bicyclic) bond motifs is 1. The summed E-state index contributed by atoms with van der Waals surface area (Å²) in [6.45, 7) is 9.67. The van der Waals surface area contributed by atoms with E-state index in [1.54, 1.807) is 24.3 Å². The Labute approximate surface area is 198 Å². The Hall–Kier alpha value is -3.07. The second-order valence-electron chi connectivity index (χ2n) is 8.48. The van der Waals surface area contributed by atoms with Crippen molar-refractivity contribution in [2.45, 2.75) is 19.6 Å². The molecular weight excluding hydrogens is 434 g/mol.